The van der Waals surface area contributed by atoms with Crippen molar-refractivity contribution in [3.05, 3.63) is 29.3 Å². The normalized spacial score (nSPS) is 11.9. The standard InChI is InChI=1S/C18H26N2O2/c1-6-20(7-2)18(21)16(12-19)11-15-10-14(13(3)4)8-9-17(15)22-5/h8-10,13,16H,6-7,11H2,1-5H3. The molecule has 0 aliphatic rings. The molecule has 1 amide bonds. The van der Waals surface area contributed by atoms with Crippen LogP contribution >= 0.6 is 0 Å². The molecule has 0 spiro atoms. The van der Waals surface area contributed by atoms with Crippen molar-refractivity contribution in [1.29, 1.82) is 5.26 Å². The second-order valence-electron chi connectivity index (χ2n) is 5.62. The fraction of sp³-hybridized carbons (Fsp3) is 0.556. The van der Waals surface area contributed by atoms with E-state index in [9.17, 15) is 10.1 Å². The molecule has 0 heterocycles. The Balaban J connectivity index is 3.07. The highest BCUT2D eigenvalue weighted by Gasteiger charge is 2.24. The Kier molecular flexibility index (Phi) is 6.91. The van der Waals surface area contributed by atoms with Gasteiger partial charge in [0.1, 0.15) is 11.7 Å². The maximum Gasteiger partial charge on any atom is 0.240 e. The summed E-state index contributed by atoms with van der Waals surface area (Å²) in [6.45, 7) is 9.34. The summed E-state index contributed by atoms with van der Waals surface area (Å²) in [5.41, 5.74) is 2.10. The molecule has 0 N–H and O–H groups in total. The summed E-state index contributed by atoms with van der Waals surface area (Å²) in [6.07, 6.45) is 0.384. The molecule has 1 aromatic carbocycles. The Bertz CT molecular complexity index is 543. The molecule has 0 bridgehead atoms. The average Bonchev–Trinajstić information content (AvgIpc) is 2.53. The molecule has 1 aromatic rings. The van der Waals surface area contributed by atoms with E-state index >= 15 is 0 Å². The van der Waals surface area contributed by atoms with Gasteiger partial charge in [-0.3, -0.25) is 4.79 Å². The van der Waals surface area contributed by atoms with Crippen LogP contribution in [-0.2, 0) is 11.2 Å². The highest BCUT2D eigenvalue weighted by atomic mass is 16.5. The quantitative estimate of drug-likeness (QED) is 0.776. The SMILES string of the molecule is CCN(CC)C(=O)C(C#N)Cc1cc(C(C)C)ccc1OC. The van der Waals surface area contributed by atoms with E-state index in [1.54, 1.807) is 12.0 Å². The second-order valence-corrected chi connectivity index (χ2v) is 5.62. The third-order valence-electron chi connectivity index (χ3n) is 3.92. The van der Waals surface area contributed by atoms with Gasteiger partial charge in [0.2, 0.25) is 5.91 Å². The summed E-state index contributed by atoms with van der Waals surface area (Å²) >= 11 is 0. The van der Waals surface area contributed by atoms with Gasteiger partial charge in [0.15, 0.2) is 0 Å². The first-order chi connectivity index (χ1) is 10.5. The van der Waals surface area contributed by atoms with Gasteiger partial charge in [-0.1, -0.05) is 26.0 Å². The number of amides is 1. The van der Waals surface area contributed by atoms with Crippen LogP contribution in [0.5, 0.6) is 5.75 Å². The van der Waals surface area contributed by atoms with E-state index in [0.29, 0.717) is 25.4 Å². The number of rotatable bonds is 7. The van der Waals surface area contributed by atoms with Gasteiger partial charge in [-0.15, -0.1) is 0 Å². The van der Waals surface area contributed by atoms with E-state index in [1.807, 2.05) is 32.0 Å². The maximum atomic E-state index is 12.4. The van der Waals surface area contributed by atoms with E-state index in [-0.39, 0.29) is 5.91 Å². The van der Waals surface area contributed by atoms with E-state index in [2.05, 4.69) is 19.9 Å². The average molecular weight is 302 g/mol. The van der Waals surface area contributed by atoms with Crippen molar-refractivity contribution in [1.82, 2.24) is 4.90 Å². The van der Waals surface area contributed by atoms with E-state index < -0.39 is 5.92 Å². The molecule has 0 fully saturated rings. The topological polar surface area (TPSA) is 53.3 Å². The van der Waals surface area contributed by atoms with Gasteiger partial charge < -0.3 is 9.64 Å². The van der Waals surface area contributed by atoms with Gasteiger partial charge in [-0.05, 0) is 37.0 Å². The van der Waals surface area contributed by atoms with Crippen LogP contribution in [0.15, 0.2) is 18.2 Å². The molecule has 0 saturated carbocycles. The maximum absolute atomic E-state index is 12.4. The summed E-state index contributed by atoms with van der Waals surface area (Å²) in [5, 5.41) is 9.40. The zero-order valence-corrected chi connectivity index (χ0v) is 14.2. The van der Waals surface area contributed by atoms with Crippen molar-refractivity contribution in [3.63, 3.8) is 0 Å². The van der Waals surface area contributed by atoms with Crippen molar-refractivity contribution >= 4 is 5.91 Å². The third-order valence-corrected chi connectivity index (χ3v) is 3.92. The molecule has 4 heteroatoms. The number of carbonyl (C=O) groups excluding carboxylic acids is 1. The number of hydrogen-bond donors (Lipinski definition) is 0. The summed E-state index contributed by atoms with van der Waals surface area (Å²) in [7, 11) is 1.61. The largest absolute Gasteiger partial charge is 0.496 e. The van der Waals surface area contributed by atoms with Gasteiger partial charge >= 0.3 is 0 Å². The van der Waals surface area contributed by atoms with Gasteiger partial charge in [-0.2, -0.15) is 5.26 Å². The Hall–Kier alpha value is -2.02. The molecule has 0 radical (unpaired) electrons. The highest BCUT2D eigenvalue weighted by Crippen LogP contribution is 2.26. The molecule has 120 valence electrons. The minimum absolute atomic E-state index is 0.107. The molecule has 4 nitrogen and oxygen atoms in total. The fourth-order valence-electron chi connectivity index (χ4n) is 2.48. The predicted octanol–water partition coefficient (Wildman–Crippen LogP) is 3.37. The lowest BCUT2D eigenvalue weighted by Crippen LogP contribution is -2.36. The molecule has 1 unspecified atom stereocenters. The van der Waals surface area contributed by atoms with Crippen LogP contribution in [0.25, 0.3) is 0 Å². The van der Waals surface area contributed by atoms with Gasteiger partial charge in [-0.25, -0.2) is 0 Å². The van der Waals surface area contributed by atoms with E-state index in [0.717, 1.165) is 11.3 Å². The van der Waals surface area contributed by atoms with Crippen molar-refractivity contribution in [2.24, 2.45) is 5.92 Å². The van der Waals surface area contributed by atoms with Crippen LogP contribution in [0.2, 0.25) is 0 Å². The second kappa shape index (κ2) is 8.43. The highest BCUT2D eigenvalue weighted by molar-refractivity contribution is 5.81. The monoisotopic (exact) mass is 302 g/mol. The summed E-state index contributed by atoms with van der Waals surface area (Å²) in [4.78, 5) is 14.1. The molecular weight excluding hydrogens is 276 g/mol. The predicted molar refractivity (Wildman–Crippen MR) is 87.8 cm³/mol. The number of hydrogen-bond acceptors (Lipinski definition) is 3. The van der Waals surface area contributed by atoms with E-state index in [1.165, 1.54) is 5.56 Å². The Morgan fingerprint density at radius 1 is 1.32 bits per heavy atom. The lowest BCUT2D eigenvalue weighted by molar-refractivity contribution is -0.133. The number of benzene rings is 1. The minimum atomic E-state index is -0.670. The lowest BCUT2D eigenvalue weighted by Gasteiger charge is -2.22. The first-order valence-corrected chi connectivity index (χ1v) is 7.83. The smallest absolute Gasteiger partial charge is 0.240 e. The number of methoxy groups -OCH3 is 1. The first kappa shape index (κ1) is 18.0. The Labute approximate surface area is 133 Å². The van der Waals surface area contributed by atoms with Crippen molar-refractivity contribution < 1.29 is 9.53 Å². The molecular formula is C18H26N2O2. The van der Waals surface area contributed by atoms with Crippen LogP contribution in [0.1, 0.15) is 44.7 Å². The third kappa shape index (κ3) is 4.24. The van der Waals surface area contributed by atoms with Crippen molar-refractivity contribution in [3.8, 4) is 11.8 Å². The van der Waals surface area contributed by atoms with Crippen LogP contribution in [0.3, 0.4) is 0 Å². The summed E-state index contributed by atoms with van der Waals surface area (Å²) in [6, 6.07) is 8.14. The number of nitrogens with zero attached hydrogens (tertiary/aromatic N) is 2. The summed E-state index contributed by atoms with van der Waals surface area (Å²) in [5.74, 6) is 0.349. The minimum Gasteiger partial charge on any atom is -0.496 e. The van der Waals surface area contributed by atoms with Crippen LogP contribution < -0.4 is 4.74 Å². The molecule has 1 rings (SSSR count). The molecule has 0 saturated heterocycles. The molecule has 0 aliphatic carbocycles. The Morgan fingerprint density at radius 3 is 2.41 bits per heavy atom. The first-order valence-electron chi connectivity index (χ1n) is 7.83. The van der Waals surface area contributed by atoms with Crippen molar-refractivity contribution in [2.75, 3.05) is 20.2 Å². The Morgan fingerprint density at radius 2 is 1.95 bits per heavy atom. The van der Waals surface area contributed by atoms with Gasteiger partial charge in [0.05, 0.1) is 13.2 Å². The number of nitriles is 1. The fourth-order valence-corrected chi connectivity index (χ4v) is 2.48. The van der Waals surface area contributed by atoms with Crippen LogP contribution in [0.4, 0.5) is 0 Å². The molecule has 1 atom stereocenters. The zero-order chi connectivity index (χ0) is 16.7. The number of ether oxygens (including phenoxy) is 1. The van der Waals surface area contributed by atoms with E-state index in [4.69, 9.17) is 4.74 Å². The molecule has 0 aliphatic heterocycles. The number of carbonyl (C=O) groups is 1. The summed E-state index contributed by atoms with van der Waals surface area (Å²) < 4.78 is 5.38. The van der Waals surface area contributed by atoms with Crippen LogP contribution in [-0.4, -0.2) is 31.0 Å². The molecule has 0 aromatic heterocycles. The van der Waals surface area contributed by atoms with Crippen LogP contribution in [0, 0.1) is 17.2 Å². The van der Waals surface area contributed by atoms with Gasteiger partial charge in [0, 0.05) is 19.5 Å². The van der Waals surface area contributed by atoms with Crippen molar-refractivity contribution in [2.45, 2.75) is 40.0 Å². The zero-order valence-electron chi connectivity index (χ0n) is 14.2. The lowest BCUT2D eigenvalue weighted by atomic mass is 9.94. The molecule has 22 heavy (non-hydrogen) atoms. The van der Waals surface area contributed by atoms with Gasteiger partial charge in [0.25, 0.3) is 0 Å².